The van der Waals surface area contributed by atoms with Crippen LogP contribution in [-0.2, 0) is 58.2 Å². The molecule has 0 heterocycles. The monoisotopic (exact) mass is 966 g/mol. The second-order valence-electron chi connectivity index (χ2n) is 15.6. The standard InChI is InChI=1S/C19H22N2O3.C19H21NO4.C18H19NO4/c1-13-9-10-14(2)17(11-13)24-12-15-7-5-6-8-16(15)18(21-23-4)19(22)20-3;1-13-9-10-14(2)17(11-13)24-12-15-7-5-6-8-16(15)18(20-23-4)19(21)22-3;1-13-8-4-7-11-16(13)23-12-14-9-5-6-10-15(14)17(19-22-3)18(20)21-2/h5-11H,12H2,1-4H3,(H,20,22);5-11H,12H2,1-4H3;4-11H,12H2,1-3H3/b21-18+;20-18+;19-17+. The first kappa shape index (κ1) is 55.1. The summed E-state index contributed by atoms with van der Waals surface area (Å²) in [5.74, 6) is 1.01. The number of hydrogen-bond acceptors (Lipinski definition) is 14. The highest BCUT2D eigenvalue weighted by molar-refractivity contribution is 6.45. The summed E-state index contributed by atoms with van der Waals surface area (Å²) in [7, 11) is 8.36. The van der Waals surface area contributed by atoms with Gasteiger partial charge in [0.2, 0.25) is 0 Å². The van der Waals surface area contributed by atoms with E-state index in [9.17, 15) is 14.4 Å². The van der Waals surface area contributed by atoms with Crippen molar-refractivity contribution in [2.24, 2.45) is 15.5 Å². The number of nitrogens with one attached hydrogen (secondary N) is 1. The van der Waals surface area contributed by atoms with Crippen LogP contribution in [0, 0.1) is 34.6 Å². The van der Waals surface area contributed by atoms with Gasteiger partial charge in [0, 0.05) is 23.7 Å². The quantitative estimate of drug-likeness (QED) is 0.0494. The van der Waals surface area contributed by atoms with Crippen LogP contribution in [-0.4, -0.2) is 77.6 Å². The van der Waals surface area contributed by atoms with Crippen molar-refractivity contribution in [3.63, 3.8) is 0 Å². The zero-order valence-corrected chi connectivity index (χ0v) is 42.2. The van der Waals surface area contributed by atoms with Crippen LogP contribution in [0.25, 0.3) is 0 Å². The number of methoxy groups -OCH3 is 2. The largest absolute Gasteiger partial charge is 0.489 e. The van der Waals surface area contributed by atoms with Crippen molar-refractivity contribution >= 4 is 35.0 Å². The van der Waals surface area contributed by atoms with E-state index in [4.69, 9.17) is 38.2 Å². The van der Waals surface area contributed by atoms with Gasteiger partial charge in [0.1, 0.15) is 58.4 Å². The molecule has 71 heavy (non-hydrogen) atoms. The maximum absolute atomic E-state index is 12.1. The minimum Gasteiger partial charge on any atom is -0.489 e. The van der Waals surface area contributed by atoms with Gasteiger partial charge in [-0.25, -0.2) is 9.59 Å². The number of benzene rings is 6. The minimum absolute atomic E-state index is 0.110. The maximum Gasteiger partial charge on any atom is 0.360 e. The number of para-hydroxylation sites is 1. The number of likely N-dealkylation sites (N-methyl/N-ethyl adjacent to an activating group) is 1. The molecule has 15 nitrogen and oxygen atoms in total. The van der Waals surface area contributed by atoms with Gasteiger partial charge in [-0.1, -0.05) is 131 Å². The lowest BCUT2D eigenvalue weighted by molar-refractivity contribution is -0.133. The highest BCUT2D eigenvalue weighted by atomic mass is 16.6. The van der Waals surface area contributed by atoms with Gasteiger partial charge in [-0.2, -0.15) is 0 Å². The molecule has 0 aliphatic heterocycles. The SMILES string of the molecule is CNC(=O)/C(=N/OC)c1ccccc1COc1cc(C)ccc1C.CO/N=C(/C(=O)OC)c1ccccc1COc1cc(C)ccc1C.CO/N=C(/C(=O)OC)c1ccccc1COc1ccccc1C. The second-order valence-corrected chi connectivity index (χ2v) is 15.6. The first-order valence-corrected chi connectivity index (χ1v) is 22.4. The zero-order valence-electron chi connectivity index (χ0n) is 42.2. The van der Waals surface area contributed by atoms with E-state index in [1.165, 1.54) is 35.5 Å². The van der Waals surface area contributed by atoms with Gasteiger partial charge in [-0.15, -0.1) is 0 Å². The summed E-state index contributed by atoms with van der Waals surface area (Å²) in [6.07, 6.45) is 0. The van der Waals surface area contributed by atoms with Crippen LogP contribution >= 0.6 is 0 Å². The second kappa shape index (κ2) is 28.8. The molecule has 1 N–H and O–H groups in total. The fraction of sp³-hybridized carbons (Fsp3) is 0.250. The molecule has 0 spiro atoms. The van der Waals surface area contributed by atoms with E-state index in [1.54, 1.807) is 19.2 Å². The molecule has 0 saturated carbocycles. The maximum atomic E-state index is 12.1. The topological polar surface area (TPSA) is 174 Å². The molecule has 0 saturated heterocycles. The summed E-state index contributed by atoms with van der Waals surface area (Å²) in [6, 6.07) is 42.1. The summed E-state index contributed by atoms with van der Waals surface area (Å²) in [5.41, 5.74) is 10.3. The number of rotatable bonds is 18. The molecule has 372 valence electrons. The third-order valence-electron chi connectivity index (χ3n) is 10.5. The number of oxime groups is 3. The number of ether oxygens (including phenoxy) is 5. The van der Waals surface area contributed by atoms with Gasteiger partial charge < -0.3 is 43.5 Å². The van der Waals surface area contributed by atoms with E-state index >= 15 is 0 Å². The summed E-state index contributed by atoms with van der Waals surface area (Å²) in [5, 5.41) is 14.0. The Morgan fingerprint density at radius 2 is 0.761 bits per heavy atom. The lowest BCUT2D eigenvalue weighted by Crippen LogP contribution is -2.29. The minimum atomic E-state index is -0.560. The first-order valence-electron chi connectivity index (χ1n) is 22.4. The van der Waals surface area contributed by atoms with Crippen molar-refractivity contribution in [1.82, 2.24) is 5.32 Å². The Balaban J connectivity index is 0.000000231. The molecule has 0 fully saturated rings. The Morgan fingerprint density at radius 3 is 1.14 bits per heavy atom. The van der Waals surface area contributed by atoms with Gasteiger partial charge >= 0.3 is 11.9 Å². The highest BCUT2D eigenvalue weighted by Crippen LogP contribution is 2.24. The molecule has 0 aliphatic rings. The fourth-order valence-corrected chi connectivity index (χ4v) is 6.73. The smallest absolute Gasteiger partial charge is 0.360 e. The molecule has 15 heteroatoms. The molecule has 1 amide bonds. The predicted molar refractivity (Wildman–Crippen MR) is 274 cm³/mol. The van der Waals surface area contributed by atoms with Crippen molar-refractivity contribution < 1.29 is 52.6 Å². The number of esters is 2. The Morgan fingerprint density at radius 1 is 0.423 bits per heavy atom. The molecule has 6 rings (SSSR count). The van der Waals surface area contributed by atoms with Crippen LogP contribution in [0.2, 0.25) is 0 Å². The zero-order chi connectivity index (χ0) is 51.7. The van der Waals surface area contributed by atoms with Crippen molar-refractivity contribution in [3.05, 3.63) is 195 Å². The Labute approximate surface area is 416 Å². The van der Waals surface area contributed by atoms with E-state index in [2.05, 4.69) is 20.8 Å². The first-order chi connectivity index (χ1) is 34.3. The van der Waals surface area contributed by atoms with Crippen LogP contribution in [0.4, 0.5) is 0 Å². The molecule has 0 aliphatic carbocycles. The lowest BCUT2D eigenvalue weighted by Gasteiger charge is -2.13. The van der Waals surface area contributed by atoms with Gasteiger partial charge in [0.05, 0.1) is 14.2 Å². The molecule has 0 unspecified atom stereocenters. The number of amides is 1. The highest BCUT2D eigenvalue weighted by Gasteiger charge is 2.21. The Kier molecular flexibility index (Phi) is 22.3. The van der Waals surface area contributed by atoms with Crippen LogP contribution < -0.4 is 19.5 Å². The molecule has 0 aromatic heterocycles. The summed E-state index contributed by atoms with van der Waals surface area (Å²) < 4.78 is 27.3. The third-order valence-corrected chi connectivity index (χ3v) is 10.5. The van der Waals surface area contributed by atoms with E-state index in [1.807, 2.05) is 156 Å². The van der Waals surface area contributed by atoms with Crippen LogP contribution in [0.1, 0.15) is 61.2 Å². The van der Waals surface area contributed by atoms with Crippen LogP contribution in [0.15, 0.2) is 149 Å². The van der Waals surface area contributed by atoms with E-state index in [0.717, 1.165) is 61.8 Å². The van der Waals surface area contributed by atoms with Crippen LogP contribution in [0.3, 0.4) is 0 Å². The average molecular weight is 967 g/mol. The number of aryl methyl sites for hydroxylation is 5. The molecule has 0 radical (unpaired) electrons. The van der Waals surface area contributed by atoms with E-state index in [-0.39, 0.29) is 23.0 Å². The van der Waals surface area contributed by atoms with E-state index in [0.29, 0.717) is 36.5 Å². The average Bonchev–Trinajstić information content (AvgIpc) is 3.39. The summed E-state index contributed by atoms with van der Waals surface area (Å²) in [4.78, 5) is 50.3. The number of carbonyl (C=O) groups is 3. The molecule has 0 bridgehead atoms. The van der Waals surface area contributed by atoms with Crippen molar-refractivity contribution in [1.29, 1.82) is 0 Å². The van der Waals surface area contributed by atoms with Gasteiger partial charge in [0.15, 0.2) is 17.1 Å². The predicted octanol–water partition coefficient (Wildman–Crippen LogP) is 9.48. The Bertz CT molecular complexity index is 2690. The molecular weight excluding hydrogens is 905 g/mol. The molecule has 6 aromatic carbocycles. The van der Waals surface area contributed by atoms with Crippen molar-refractivity contribution in [2.75, 3.05) is 42.6 Å². The van der Waals surface area contributed by atoms with E-state index < -0.39 is 11.9 Å². The van der Waals surface area contributed by atoms with Crippen molar-refractivity contribution in [2.45, 2.75) is 54.4 Å². The normalized spacial score (nSPS) is 11.1. The number of hydrogen-bond donors (Lipinski definition) is 1. The summed E-state index contributed by atoms with van der Waals surface area (Å²) in [6.45, 7) is 11.0. The summed E-state index contributed by atoms with van der Waals surface area (Å²) >= 11 is 0. The molecule has 0 atom stereocenters. The fourth-order valence-electron chi connectivity index (χ4n) is 6.73. The number of nitrogens with zero attached hydrogens (tertiary/aromatic N) is 3. The van der Waals surface area contributed by atoms with Gasteiger partial charge in [-0.05, 0) is 97.3 Å². The lowest BCUT2D eigenvalue weighted by atomic mass is 10.0. The third kappa shape index (κ3) is 16.3. The van der Waals surface area contributed by atoms with Crippen LogP contribution in [0.5, 0.6) is 17.2 Å². The Hall–Kier alpha value is -8.46. The number of carbonyl (C=O) groups excluding carboxylic acids is 3. The van der Waals surface area contributed by atoms with Crippen molar-refractivity contribution in [3.8, 4) is 17.2 Å². The molecule has 6 aromatic rings. The van der Waals surface area contributed by atoms with Gasteiger partial charge in [0.25, 0.3) is 5.91 Å². The molecular formula is C56H62N4O11. The van der Waals surface area contributed by atoms with Gasteiger partial charge in [-0.3, -0.25) is 4.79 Å².